The fourth-order valence-corrected chi connectivity index (χ4v) is 8.74. The van der Waals surface area contributed by atoms with Crippen LogP contribution in [0.2, 0.25) is 0 Å². The Kier molecular flexibility index (Phi) is 14.1. The second-order valence-corrected chi connectivity index (χ2v) is 15.7. The van der Waals surface area contributed by atoms with Crippen molar-refractivity contribution in [2.45, 2.75) is 97.8 Å². The van der Waals surface area contributed by atoms with E-state index in [9.17, 15) is 0 Å². The quantitative estimate of drug-likeness (QED) is 0.0237. The first-order valence-electron chi connectivity index (χ1n) is 21.6. The van der Waals surface area contributed by atoms with E-state index in [-0.39, 0.29) is 69.4 Å². The average molecular weight is 822 g/mol. The molecule has 0 saturated carbocycles. The maximum absolute atomic E-state index is 15.8. The van der Waals surface area contributed by atoms with Gasteiger partial charge in [0.2, 0.25) is 0 Å². The molecule has 6 nitrogen and oxygen atoms in total. The Morgan fingerprint density at radius 1 is 0.383 bits per heavy atom. The van der Waals surface area contributed by atoms with Crippen molar-refractivity contribution in [3.05, 3.63) is 72.8 Å². The van der Waals surface area contributed by atoms with Crippen LogP contribution in [0.3, 0.4) is 0 Å². The van der Waals surface area contributed by atoms with Crippen LogP contribution in [-0.4, -0.2) is 56.8 Å². The zero-order valence-electron chi connectivity index (χ0n) is 34.7. The fourth-order valence-electron chi connectivity index (χ4n) is 8.74. The van der Waals surface area contributed by atoms with Gasteiger partial charge in [-0.2, -0.15) is 0 Å². The first kappa shape index (κ1) is 43.2. The van der Waals surface area contributed by atoms with Crippen LogP contribution in [0.25, 0.3) is 65.4 Å². The van der Waals surface area contributed by atoms with Gasteiger partial charge >= 0.3 is 22.2 Å². The van der Waals surface area contributed by atoms with Gasteiger partial charge in [-0.1, -0.05) is 133 Å². The van der Waals surface area contributed by atoms with Gasteiger partial charge in [-0.15, -0.1) is 0 Å². The number of hydrogen-bond donors (Lipinski definition) is 0. The molecule has 15 heteroatoms. The number of hydrogen-bond acceptors (Lipinski definition) is 6. The Hall–Kier alpha value is -4.94. The van der Waals surface area contributed by atoms with E-state index >= 15 is 25.9 Å². The highest BCUT2D eigenvalue weighted by Gasteiger charge is 2.37. The van der Waals surface area contributed by atoms with E-state index in [1.54, 1.807) is 72.8 Å². The van der Waals surface area contributed by atoms with Crippen LogP contribution in [0.4, 0.5) is 43.0 Å². The molecular formula is C45H51B3F6N6. The minimum absolute atomic E-state index is 0.00918. The average Bonchev–Trinajstić information content (AvgIpc) is 3.24. The van der Waals surface area contributed by atoms with Crippen molar-refractivity contribution in [1.82, 2.24) is 15.0 Å². The molecular weight excluding hydrogens is 771 g/mol. The van der Waals surface area contributed by atoms with Gasteiger partial charge in [0.25, 0.3) is 0 Å². The number of pyridine rings is 3. The zero-order valence-corrected chi connectivity index (χ0v) is 34.7. The minimum Gasteiger partial charge on any atom is -0.355 e. The molecule has 7 rings (SSSR count). The van der Waals surface area contributed by atoms with E-state index in [2.05, 4.69) is 0 Å². The lowest BCUT2D eigenvalue weighted by Gasteiger charge is -2.30. The second kappa shape index (κ2) is 19.6. The predicted octanol–water partition coefficient (Wildman–Crippen LogP) is 13.7. The Labute approximate surface area is 349 Å². The lowest BCUT2D eigenvalue weighted by molar-refractivity contribution is 0.614. The molecule has 0 fully saturated rings. The van der Waals surface area contributed by atoms with Crippen LogP contribution in [-0.2, 0) is 0 Å². The summed E-state index contributed by atoms with van der Waals surface area (Å²) in [6.45, 7) is 6.12. The minimum atomic E-state index is -2.97. The van der Waals surface area contributed by atoms with Gasteiger partial charge in [0, 0.05) is 35.8 Å². The summed E-state index contributed by atoms with van der Waals surface area (Å²) in [4.78, 5) is 18.7. The van der Waals surface area contributed by atoms with Gasteiger partial charge in [0.05, 0.1) is 66.3 Å². The smallest absolute Gasteiger partial charge is 0.355 e. The lowest BCUT2D eigenvalue weighted by atomic mass is 9.91. The highest BCUT2D eigenvalue weighted by Crippen LogP contribution is 2.50. The summed E-state index contributed by atoms with van der Waals surface area (Å²) in [6, 6.07) is 20.9. The molecule has 0 N–H and O–H groups in total. The monoisotopic (exact) mass is 822 g/mol. The normalized spacial score (nSPS) is 11.8. The molecule has 312 valence electrons. The molecule has 7 aromatic rings. The summed E-state index contributed by atoms with van der Waals surface area (Å²) in [5.74, 6) is 0. The van der Waals surface area contributed by atoms with E-state index in [0.717, 1.165) is 72.2 Å². The Bertz CT molecular complexity index is 2270. The van der Waals surface area contributed by atoms with Crippen LogP contribution in [0.1, 0.15) is 97.8 Å². The van der Waals surface area contributed by atoms with Gasteiger partial charge in [0.1, 0.15) is 0 Å². The van der Waals surface area contributed by atoms with Crippen LogP contribution < -0.4 is 14.4 Å². The van der Waals surface area contributed by atoms with Crippen molar-refractivity contribution < 1.29 is 25.9 Å². The number of rotatable bonds is 21. The first-order valence-corrected chi connectivity index (χ1v) is 21.6. The van der Waals surface area contributed by atoms with Crippen molar-refractivity contribution in [3.8, 4) is 0 Å². The molecule has 0 radical (unpaired) electrons. The summed E-state index contributed by atoms with van der Waals surface area (Å²) >= 11 is 0. The summed E-state index contributed by atoms with van der Waals surface area (Å²) in [7, 11) is -8.90. The summed E-state index contributed by atoms with van der Waals surface area (Å²) in [6.07, 6.45) is 8.90. The largest absolute Gasteiger partial charge is 0.673 e. The van der Waals surface area contributed by atoms with E-state index in [1.807, 2.05) is 20.8 Å². The van der Waals surface area contributed by atoms with Crippen molar-refractivity contribution in [1.29, 1.82) is 0 Å². The SMILES string of the molecule is CCCCCCN(B(F)F)c1c2ccccc2nc2c1c1nc3ccccc3c(N(CCCCCC)B(F)F)c1c1nc3ccccc3c(N(CCCCCC)B(F)F)c21. The summed E-state index contributed by atoms with van der Waals surface area (Å²) in [5, 5.41) is 1.84. The maximum atomic E-state index is 15.8. The molecule has 60 heavy (non-hydrogen) atoms. The van der Waals surface area contributed by atoms with Crippen molar-refractivity contribution in [2.75, 3.05) is 34.1 Å². The summed E-state index contributed by atoms with van der Waals surface area (Å²) < 4.78 is 94.9. The lowest BCUT2D eigenvalue weighted by Crippen LogP contribution is -2.35. The maximum Gasteiger partial charge on any atom is 0.673 e. The highest BCUT2D eigenvalue weighted by molar-refractivity contribution is 6.53. The number of halogens is 6. The molecule has 4 aromatic carbocycles. The Morgan fingerprint density at radius 3 is 0.900 bits per heavy atom. The number of fused-ring (bicyclic) bond motifs is 9. The Balaban J connectivity index is 1.76. The van der Waals surface area contributed by atoms with Gasteiger partial charge in [-0.3, -0.25) is 25.9 Å². The number of benzene rings is 4. The first-order chi connectivity index (χ1) is 29.2. The standard InChI is InChI=1S/C45H51B3F6N6/c1-4-7-10-19-28-58(46(49)50)43-31-22-13-16-25-34(31)55-40-37(43)41-39(44(32-23-14-17-26-35(32)56-41)59(47(51)52)29-20-11-8-5-2)42-38(40)45(33-24-15-18-27-36(33)57-42)60(48(53)54)30-21-12-9-6-3/h13-18,22-27H,4-12,19-21,28-30H2,1-3H3. The van der Waals surface area contributed by atoms with Crippen LogP contribution in [0.15, 0.2) is 72.8 Å². The predicted molar refractivity (Wildman–Crippen MR) is 243 cm³/mol. The topological polar surface area (TPSA) is 48.4 Å². The van der Waals surface area contributed by atoms with Crippen LogP contribution in [0.5, 0.6) is 0 Å². The molecule has 0 spiro atoms. The number of unbranched alkanes of at least 4 members (excludes halogenated alkanes) is 9. The molecule has 0 amide bonds. The highest BCUT2D eigenvalue weighted by atomic mass is 19.2. The number of nitrogens with zero attached hydrogens (tertiary/aromatic N) is 6. The Morgan fingerprint density at radius 2 is 0.650 bits per heavy atom. The van der Waals surface area contributed by atoms with Gasteiger partial charge in [0.15, 0.2) is 0 Å². The number of para-hydroxylation sites is 3. The molecule has 3 heterocycles. The number of aromatic nitrogens is 3. The molecule has 0 unspecified atom stereocenters. The van der Waals surface area contributed by atoms with E-state index in [1.165, 1.54) is 0 Å². The van der Waals surface area contributed by atoms with Crippen molar-refractivity contribution in [2.24, 2.45) is 0 Å². The molecule has 3 aromatic heterocycles. The third-order valence-corrected chi connectivity index (χ3v) is 11.6. The zero-order chi connectivity index (χ0) is 42.3. The summed E-state index contributed by atoms with van der Waals surface area (Å²) in [5.41, 5.74) is 2.07. The second-order valence-electron chi connectivity index (χ2n) is 15.7. The van der Waals surface area contributed by atoms with Gasteiger partial charge in [-0.05, 0) is 37.5 Å². The van der Waals surface area contributed by atoms with Gasteiger partial charge in [-0.25, -0.2) is 15.0 Å². The third kappa shape index (κ3) is 8.50. The van der Waals surface area contributed by atoms with E-state index < -0.39 is 22.2 Å². The van der Waals surface area contributed by atoms with Gasteiger partial charge < -0.3 is 14.4 Å². The van der Waals surface area contributed by atoms with Crippen molar-refractivity contribution >= 4 is 105 Å². The van der Waals surface area contributed by atoms with Crippen molar-refractivity contribution in [3.63, 3.8) is 0 Å². The molecule has 0 aliphatic heterocycles. The molecule has 0 atom stereocenters. The van der Waals surface area contributed by atoms with Crippen LogP contribution in [0, 0.1) is 0 Å². The van der Waals surface area contributed by atoms with E-state index in [4.69, 9.17) is 15.0 Å². The van der Waals surface area contributed by atoms with E-state index in [0.29, 0.717) is 52.0 Å². The molecule has 0 aliphatic rings. The molecule has 0 aliphatic carbocycles. The molecule has 0 bridgehead atoms. The third-order valence-electron chi connectivity index (χ3n) is 11.6. The number of anilines is 3. The molecule has 0 saturated heterocycles. The van der Waals surface area contributed by atoms with Crippen LogP contribution >= 0.6 is 0 Å². The fraction of sp³-hybridized carbons (Fsp3) is 0.400.